The number of carboxylic acid groups (broad SMARTS) is 6. The molecule has 22 heteroatoms. The normalized spacial score (nSPS) is 8.50. The molecule has 0 unspecified atom stereocenters. The number of rotatable bonds is 12. The molecule has 0 amide bonds. The second-order valence-corrected chi connectivity index (χ2v) is 5.61. The third-order valence-corrected chi connectivity index (χ3v) is 2.14. The van der Waals surface area contributed by atoms with E-state index in [1.54, 1.807) is 0 Å². The third kappa shape index (κ3) is 63.1. The molecule has 0 rings (SSSR count). The fraction of sp³-hybridized carbons (Fsp3) is 0.429. The summed E-state index contributed by atoms with van der Waals surface area (Å²) in [6, 6.07) is 0. The summed E-state index contributed by atoms with van der Waals surface area (Å²) in [5.41, 5.74) is 18.3. The van der Waals surface area contributed by atoms with E-state index in [0.29, 0.717) is 4.90 Å². The minimum atomic E-state index is -1.54. The van der Waals surface area contributed by atoms with Gasteiger partial charge in [0.1, 0.15) is 0 Å². The van der Waals surface area contributed by atoms with Crippen LogP contribution in [0.4, 0.5) is 0 Å². The Labute approximate surface area is 221 Å². The zero-order chi connectivity index (χ0) is 28.0. The molecule has 0 saturated carbocycles. The van der Waals surface area contributed by atoms with Gasteiger partial charge in [0.05, 0.1) is 38.1 Å². The Morgan fingerprint density at radius 1 is 0.556 bits per heavy atom. The van der Waals surface area contributed by atoms with Crippen LogP contribution in [0.2, 0.25) is 0 Å². The average molecular weight is 610 g/mol. The number of carboxylic acids is 6. The summed E-state index contributed by atoms with van der Waals surface area (Å²) in [7, 11) is 0. The van der Waals surface area contributed by atoms with Gasteiger partial charge in [-0.15, -0.1) is 0 Å². The van der Waals surface area contributed by atoms with Crippen LogP contribution in [-0.2, 0) is 55.0 Å². The van der Waals surface area contributed by atoms with Crippen molar-refractivity contribution >= 4 is 47.7 Å². The van der Waals surface area contributed by atoms with Crippen LogP contribution in [0.3, 0.4) is 0 Å². The van der Waals surface area contributed by atoms with Crippen LogP contribution in [0.25, 0.3) is 0 Å². The zero-order valence-corrected chi connectivity index (χ0v) is 21.1. The monoisotopic (exact) mass is 608 g/mol. The van der Waals surface area contributed by atoms with E-state index in [2.05, 4.69) is 33.8 Å². The summed E-state index contributed by atoms with van der Waals surface area (Å²) in [6.45, 7) is -3.97. The molecule has 0 aliphatic rings. The summed E-state index contributed by atoms with van der Waals surface area (Å²) < 4.78 is 0. The smallest absolute Gasteiger partial charge is 0.336 e. The minimum absolute atomic E-state index is 0. The van der Waals surface area contributed by atoms with E-state index < -0.39 is 75.1 Å². The maximum atomic E-state index is 10.1. The van der Waals surface area contributed by atoms with Gasteiger partial charge in [-0.1, -0.05) is 0 Å². The van der Waals surface area contributed by atoms with Gasteiger partial charge >= 0.3 is 35.8 Å². The summed E-state index contributed by atoms with van der Waals surface area (Å²) in [4.78, 5) is 62.0. The fourth-order valence-electron chi connectivity index (χ4n) is 1.47. The number of aliphatic carboxylic acids is 6. The zero-order valence-electron chi connectivity index (χ0n) is 18.7. The van der Waals surface area contributed by atoms with Gasteiger partial charge in [-0.3, -0.25) is 62.7 Å². The molecule has 36 heavy (non-hydrogen) atoms. The molecule has 0 spiro atoms. The Balaban J connectivity index is -0.0000000923. The number of hydrogen-bond donors (Lipinski definition) is 10. The predicted molar refractivity (Wildman–Crippen MR) is 108 cm³/mol. The third-order valence-electron chi connectivity index (χ3n) is 2.14. The number of carbonyl (C=O) groups excluding carboxylic acids is 2. The van der Waals surface area contributed by atoms with E-state index in [-0.39, 0.29) is 43.6 Å². The van der Waals surface area contributed by atoms with E-state index in [1.165, 1.54) is 0 Å². The van der Waals surface area contributed by atoms with Crippen molar-refractivity contribution in [1.82, 2.24) is 9.80 Å². The molecular weight excluding hydrogens is 579 g/mol. The predicted octanol–water partition coefficient (Wildman–Crippen LogP) is -12.4. The number of nitrogens with two attached hydrogens (primary N) is 6. The van der Waals surface area contributed by atoms with Gasteiger partial charge in [0.15, 0.2) is 0 Å². The summed E-state index contributed by atoms with van der Waals surface area (Å²) in [6.07, 6.45) is 0. The summed E-state index contributed by atoms with van der Waals surface area (Å²) in [5.74, 6) is -8.35. The molecule has 0 bridgehead atoms. The second-order valence-electron chi connectivity index (χ2n) is 5.61. The van der Waals surface area contributed by atoms with Crippen LogP contribution in [0.1, 0.15) is 0 Å². The minimum Gasteiger partial charge on any atom is -0.549 e. The maximum absolute atomic E-state index is 10.1. The van der Waals surface area contributed by atoms with Gasteiger partial charge < -0.3 is 45.7 Å². The molecule has 21 nitrogen and oxygen atoms in total. The molecule has 0 aliphatic carbocycles. The summed E-state index contributed by atoms with van der Waals surface area (Å²) in [5, 5.41) is 62.3. The van der Waals surface area contributed by atoms with Gasteiger partial charge in [0, 0.05) is 39.3 Å². The molecule has 0 atom stereocenters. The van der Waals surface area contributed by atoms with Gasteiger partial charge in [-0.2, -0.15) is 0 Å². The molecule has 0 aromatic carbocycles. The van der Waals surface area contributed by atoms with Crippen LogP contribution < -0.4 is 44.0 Å². The standard InChI is InChI=1S/2C6H9NO6.2CH5N3.H2O.Zr/c2*8-4(9)1-7(2-5(10)11)3-6(12)13;2*2-1(3)4;;/h2*1-3H2,(H,8,9)(H,10,11)(H,12,13);2*(H5,2,3,4);1H2;. The van der Waals surface area contributed by atoms with Crippen molar-refractivity contribution in [2.24, 2.45) is 22.9 Å². The molecule has 0 aromatic heterocycles. The topological polar surface area (TPSA) is 423 Å². The molecule has 0 radical (unpaired) electrons. The van der Waals surface area contributed by atoms with Crippen molar-refractivity contribution in [3.8, 4) is 0 Å². The van der Waals surface area contributed by atoms with E-state index in [1.807, 2.05) is 0 Å². The van der Waals surface area contributed by atoms with E-state index in [9.17, 15) is 39.0 Å². The number of guanidine groups is 2. The molecule has 0 fully saturated rings. The van der Waals surface area contributed by atoms with Crippen molar-refractivity contribution in [2.75, 3.05) is 39.3 Å². The van der Waals surface area contributed by atoms with Crippen LogP contribution >= 0.6 is 0 Å². The van der Waals surface area contributed by atoms with Crippen molar-refractivity contribution in [2.45, 2.75) is 0 Å². The average Bonchev–Trinajstić information content (AvgIpc) is 2.49. The first-order chi connectivity index (χ1) is 15.3. The Hall–Kier alpha value is -3.88. The molecule has 0 aromatic rings. The van der Waals surface area contributed by atoms with Crippen molar-refractivity contribution in [3.05, 3.63) is 0 Å². The van der Waals surface area contributed by atoms with Crippen molar-refractivity contribution < 1.29 is 102 Å². The Kier molecular flexibility index (Phi) is 34.7. The first-order valence-electron chi connectivity index (χ1n) is 8.28. The quantitative estimate of drug-likeness (QED) is 0.0724. The van der Waals surface area contributed by atoms with Gasteiger partial charge in [0.2, 0.25) is 0 Å². The fourth-order valence-corrected chi connectivity index (χ4v) is 1.47. The van der Waals surface area contributed by atoms with Gasteiger partial charge in [-0.25, -0.2) is 0 Å². The van der Waals surface area contributed by atoms with Crippen LogP contribution in [0.15, 0.2) is 0 Å². The van der Waals surface area contributed by atoms with Gasteiger partial charge in [-0.05, 0) is 0 Å². The molecular formula is C14H30N8O13Zr. The van der Waals surface area contributed by atoms with Crippen LogP contribution in [0, 0.1) is 0 Å². The Morgan fingerprint density at radius 3 is 0.806 bits per heavy atom. The molecule has 0 heterocycles. The number of carbonyl (C=O) groups is 6. The number of hydrogen-bond acceptors (Lipinski definition) is 10. The largest absolute Gasteiger partial charge is 0.549 e. The first-order valence-corrected chi connectivity index (χ1v) is 8.28. The molecule has 208 valence electrons. The van der Waals surface area contributed by atoms with Crippen LogP contribution in [0.5, 0.6) is 0 Å². The van der Waals surface area contributed by atoms with Crippen LogP contribution in [-0.4, -0.2) is 123 Å². The van der Waals surface area contributed by atoms with E-state index >= 15 is 0 Å². The Morgan fingerprint density at radius 2 is 0.694 bits per heavy atom. The van der Waals surface area contributed by atoms with Gasteiger partial charge in [0.25, 0.3) is 0 Å². The van der Waals surface area contributed by atoms with Crippen molar-refractivity contribution in [1.29, 1.82) is 0 Å². The van der Waals surface area contributed by atoms with Crippen molar-refractivity contribution in [3.63, 3.8) is 0 Å². The maximum Gasteiger partial charge on any atom is 0.336 e. The first kappa shape index (κ1) is 45.6. The molecule has 0 aliphatic heterocycles. The summed E-state index contributed by atoms with van der Waals surface area (Å²) >= 11 is 0. The molecule has 0 saturated heterocycles. The second kappa shape index (κ2) is 27.4. The van der Waals surface area contributed by atoms with E-state index in [4.69, 9.17) is 20.4 Å². The van der Waals surface area contributed by atoms with E-state index in [0.717, 1.165) is 4.90 Å². The number of nitrogens with zero attached hydrogens (tertiary/aromatic N) is 2. The molecule has 18 N–H and O–H groups in total. The Bertz CT molecular complexity index is 593. The SMILES string of the molecule is NC(N)=[NH2+].NC(N)=[NH2+].O.O=C(O)CN(CC(=O)O)CC(=O)O.O=C([O-])CN(CC(=O)[O-])CC(=O)O.[Zr].